The van der Waals surface area contributed by atoms with Gasteiger partial charge in [0.05, 0.1) is 16.8 Å². The van der Waals surface area contributed by atoms with Crippen LogP contribution in [0.15, 0.2) is 40.9 Å². The molecule has 0 saturated carbocycles. The lowest BCUT2D eigenvalue weighted by molar-refractivity contribution is 0.0696. The van der Waals surface area contributed by atoms with Crippen LogP contribution in [0.25, 0.3) is 0 Å². The number of hydrogen-bond acceptors (Lipinski definition) is 2. The third-order valence-electron chi connectivity index (χ3n) is 2.65. The van der Waals surface area contributed by atoms with Crippen LogP contribution in [-0.2, 0) is 0 Å². The first-order valence-electron chi connectivity index (χ1n) is 5.68. The second-order valence-corrected chi connectivity index (χ2v) is 4.90. The average molecular weight is 356 g/mol. The van der Waals surface area contributed by atoms with E-state index in [1.165, 1.54) is 12.1 Å². The number of rotatable bonds is 3. The minimum atomic E-state index is -1.29. The van der Waals surface area contributed by atoms with Crippen molar-refractivity contribution in [2.24, 2.45) is 0 Å². The predicted molar refractivity (Wildman–Crippen MR) is 75.4 cm³/mol. The molecule has 0 heterocycles. The molecule has 1 amide bonds. The molecule has 0 aromatic heterocycles. The molecule has 2 aromatic rings. The summed E-state index contributed by atoms with van der Waals surface area (Å²) in [6.07, 6.45) is 0. The van der Waals surface area contributed by atoms with Crippen molar-refractivity contribution in [3.05, 3.63) is 63.6 Å². The molecule has 108 valence electrons. The summed E-state index contributed by atoms with van der Waals surface area (Å²) in [6.45, 7) is 0. The Bertz CT molecular complexity index is 714. The molecule has 4 nitrogen and oxygen atoms in total. The molecule has 21 heavy (non-hydrogen) atoms. The van der Waals surface area contributed by atoms with Crippen molar-refractivity contribution >= 4 is 33.5 Å². The lowest BCUT2D eigenvalue weighted by Gasteiger charge is -2.09. The van der Waals surface area contributed by atoms with Gasteiger partial charge < -0.3 is 10.4 Å². The first-order valence-corrected chi connectivity index (χ1v) is 6.47. The van der Waals surface area contributed by atoms with Gasteiger partial charge in [0.2, 0.25) is 0 Å². The molecule has 0 saturated heterocycles. The van der Waals surface area contributed by atoms with E-state index in [-0.39, 0.29) is 21.3 Å². The van der Waals surface area contributed by atoms with Gasteiger partial charge >= 0.3 is 5.97 Å². The maximum absolute atomic E-state index is 13.7. The lowest BCUT2D eigenvalue weighted by Crippen LogP contribution is -2.15. The van der Waals surface area contributed by atoms with Crippen LogP contribution in [0.4, 0.5) is 14.5 Å². The number of anilines is 1. The van der Waals surface area contributed by atoms with Crippen LogP contribution in [0.1, 0.15) is 20.7 Å². The first kappa shape index (κ1) is 15.1. The van der Waals surface area contributed by atoms with Crippen molar-refractivity contribution in [2.45, 2.75) is 0 Å². The molecule has 0 fully saturated rings. The van der Waals surface area contributed by atoms with Crippen molar-refractivity contribution in [3.8, 4) is 0 Å². The van der Waals surface area contributed by atoms with Crippen molar-refractivity contribution < 1.29 is 23.5 Å². The van der Waals surface area contributed by atoms with Crippen LogP contribution in [0.3, 0.4) is 0 Å². The normalized spacial score (nSPS) is 10.2. The molecule has 2 rings (SSSR count). The largest absolute Gasteiger partial charge is 0.478 e. The number of halogens is 3. The highest BCUT2D eigenvalue weighted by atomic mass is 79.9. The van der Waals surface area contributed by atoms with Gasteiger partial charge in [0.1, 0.15) is 11.6 Å². The molecule has 0 bridgehead atoms. The third kappa shape index (κ3) is 3.25. The van der Waals surface area contributed by atoms with E-state index in [2.05, 4.69) is 21.2 Å². The zero-order valence-corrected chi connectivity index (χ0v) is 11.9. The molecule has 0 aliphatic heterocycles. The molecule has 0 radical (unpaired) electrons. The minimum absolute atomic E-state index is 0.225. The Hall–Kier alpha value is -2.28. The predicted octanol–water partition coefficient (Wildman–Crippen LogP) is 3.68. The molecule has 0 unspecified atom stereocenters. The fourth-order valence-electron chi connectivity index (χ4n) is 1.65. The van der Waals surface area contributed by atoms with E-state index in [9.17, 15) is 18.4 Å². The number of carboxylic acids is 1. The summed E-state index contributed by atoms with van der Waals surface area (Å²) in [7, 11) is 0. The number of hydrogen-bond donors (Lipinski definition) is 2. The Morgan fingerprint density at radius 3 is 2.38 bits per heavy atom. The Morgan fingerprint density at radius 2 is 1.81 bits per heavy atom. The van der Waals surface area contributed by atoms with Crippen molar-refractivity contribution in [1.82, 2.24) is 0 Å². The van der Waals surface area contributed by atoms with Gasteiger partial charge in [-0.3, -0.25) is 4.79 Å². The van der Waals surface area contributed by atoms with Crippen LogP contribution in [-0.4, -0.2) is 17.0 Å². The van der Waals surface area contributed by atoms with Crippen LogP contribution >= 0.6 is 15.9 Å². The maximum atomic E-state index is 13.7. The number of carbonyl (C=O) groups excluding carboxylic acids is 1. The van der Waals surface area contributed by atoms with Gasteiger partial charge in [0.25, 0.3) is 5.91 Å². The second-order valence-electron chi connectivity index (χ2n) is 4.05. The highest BCUT2D eigenvalue weighted by molar-refractivity contribution is 9.10. The van der Waals surface area contributed by atoms with Gasteiger partial charge in [-0.25, -0.2) is 13.6 Å². The summed E-state index contributed by atoms with van der Waals surface area (Å²) in [5, 5.41) is 10.9. The van der Waals surface area contributed by atoms with E-state index in [1.807, 2.05) is 0 Å². The quantitative estimate of drug-likeness (QED) is 0.882. The van der Waals surface area contributed by atoms with Gasteiger partial charge in [-0.2, -0.15) is 0 Å². The van der Waals surface area contributed by atoms with Crippen LogP contribution in [0.2, 0.25) is 0 Å². The number of aromatic carboxylic acids is 1. The van der Waals surface area contributed by atoms with Crippen molar-refractivity contribution in [3.63, 3.8) is 0 Å². The van der Waals surface area contributed by atoms with Crippen LogP contribution in [0, 0.1) is 11.6 Å². The maximum Gasteiger partial charge on any atom is 0.335 e. The third-order valence-corrected chi connectivity index (χ3v) is 3.31. The molecule has 7 heteroatoms. The van der Waals surface area contributed by atoms with Gasteiger partial charge in [-0.05, 0) is 46.3 Å². The van der Waals surface area contributed by atoms with Gasteiger partial charge in [-0.15, -0.1) is 0 Å². The zero-order valence-electron chi connectivity index (χ0n) is 10.4. The number of benzene rings is 2. The molecule has 0 aliphatic carbocycles. The highest BCUT2D eigenvalue weighted by Gasteiger charge is 2.17. The molecular weight excluding hydrogens is 348 g/mol. The van der Waals surface area contributed by atoms with Gasteiger partial charge in [0, 0.05) is 4.47 Å². The molecule has 0 atom stereocenters. The highest BCUT2D eigenvalue weighted by Crippen LogP contribution is 2.22. The average Bonchev–Trinajstić information content (AvgIpc) is 2.40. The minimum Gasteiger partial charge on any atom is -0.478 e. The lowest BCUT2D eigenvalue weighted by atomic mass is 10.1. The number of nitrogens with one attached hydrogen (secondary N) is 1. The first-order chi connectivity index (χ1) is 9.90. The van der Waals surface area contributed by atoms with E-state index in [4.69, 9.17) is 5.11 Å². The summed E-state index contributed by atoms with van der Waals surface area (Å²) in [5.41, 5.74) is -0.753. The molecular formula is C14H8BrF2NO3. The van der Waals surface area contributed by atoms with Crippen molar-refractivity contribution in [1.29, 1.82) is 0 Å². The van der Waals surface area contributed by atoms with E-state index in [1.54, 1.807) is 0 Å². The topological polar surface area (TPSA) is 66.4 Å². The summed E-state index contributed by atoms with van der Waals surface area (Å²) >= 11 is 3.04. The van der Waals surface area contributed by atoms with E-state index < -0.39 is 23.5 Å². The summed E-state index contributed by atoms with van der Waals surface area (Å²) < 4.78 is 27.5. The molecule has 0 aliphatic rings. The SMILES string of the molecule is O=C(O)c1ccc(NC(=O)c2c(F)cccc2Br)c(F)c1. The van der Waals surface area contributed by atoms with Crippen LogP contribution in [0.5, 0.6) is 0 Å². The van der Waals surface area contributed by atoms with Crippen LogP contribution < -0.4 is 5.32 Å². The van der Waals surface area contributed by atoms with Gasteiger partial charge in [-0.1, -0.05) is 6.07 Å². The standard InChI is InChI=1S/C14H8BrF2NO3/c15-8-2-1-3-9(16)12(8)13(19)18-11-5-4-7(14(20)21)6-10(11)17/h1-6H,(H,18,19)(H,20,21). The Labute approximate surface area is 126 Å². The smallest absolute Gasteiger partial charge is 0.335 e. The second kappa shape index (κ2) is 6.01. The number of carboxylic acid groups (broad SMARTS) is 1. The Kier molecular flexibility index (Phi) is 4.32. The fraction of sp³-hybridized carbons (Fsp3) is 0. The van der Waals surface area contributed by atoms with Gasteiger partial charge in [0.15, 0.2) is 0 Å². The Balaban J connectivity index is 2.30. The summed E-state index contributed by atoms with van der Waals surface area (Å²) in [5.74, 6) is -3.81. The van der Waals surface area contributed by atoms with E-state index in [0.717, 1.165) is 24.3 Å². The van der Waals surface area contributed by atoms with E-state index in [0.29, 0.717) is 0 Å². The monoisotopic (exact) mass is 355 g/mol. The number of carbonyl (C=O) groups is 2. The molecule has 2 N–H and O–H groups in total. The summed E-state index contributed by atoms with van der Waals surface area (Å²) in [4.78, 5) is 22.7. The number of amides is 1. The fourth-order valence-corrected chi connectivity index (χ4v) is 2.17. The molecule has 2 aromatic carbocycles. The van der Waals surface area contributed by atoms with E-state index >= 15 is 0 Å². The zero-order chi connectivity index (χ0) is 15.6. The summed E-state index contributed by atoms with van der Waals surface area (Å²) in [6, 6.07) is 7.00. The molecule has 0 spiro atoms. The Morgan fingerprint density at radius 1 is 1.10 bits per heavy atom. The van der Waals surface area contributed by atoms with Crippen molar-refractivity contribution in [2.75, 3.05) is 5.32 Å².